The van der Waals surface area contributed by atoms with E-state index in [2.05, 4.69) is 64.1 Å². The van der Waals surface area contributed by atoms with Crippen molar-refractivity contribution in [3.05, 3.63) is 69.8 Å². The highest BCUT2D eigenvalue weighted by Crippen LogP contribution is 2.19. The lowest BCUT2D eigenvalue weighted by Gasteiger charge is -2.11. The van der Waals surface area contributed by atoms with Gasteiger partial charge in [0.15, 0.2) is 0 Å². The third kappa shape index (κ3) is 4.20. The Bertz CT molecular complexity index is 499. The van der Waals surface area contributed by atoms with E-state index in [1.54, 1.807) is 11.1 Å². The SMILES string of the molecule is Cc1cccc(C)c1CCCCCc1c(C)cccc1C. The maximum absolute atomic E-state index is 2.24. The lowest BCUT2D eigenvalue weighted by atomic mass is 9.95. The fourth-order valence-corrected chi connectivity index (χ4v) is 3.27. The lowest BCUT2D eigenvalue weighted by molar-refractivity contribution is 0.673. The molecule has 0 aromatic heterocycles. The molecule has 2 rings (SSSR count). The molecule has 112 valence electrons. The lowest BCUT2D eigenvalue weighted by Crippen LogP contribution is -1.96. The maximum Gasteiger partial charge on any atom is -0.0274 e. The molecule has 0 unspecified atom stereocenters. The van der Waals surface area contributed by atoms with E-state index in [0.717, 1.165) is 0 Å². The van der Waals surface area contributed by atoms with Crippen LogP contribution in [-0.2, 0) is 12.8 Å². The molecule has 2 aromatic rings. The summed E-state index contributed by atoms with van der Waals surface area (Å²) in [6, 6.07) is 13.3. The Kier molecular flexibility index (Phi) is 5.61. The Morgan fingerprint density at radius 1 is 0.524 bits per heavy atom. The van der Waals surface area contributed by atoms with Gasteiger partial charge in [-0.05, 0) is 86.8 Å². The van der Waals surface area contributed by atoms with E-state index in [4.69, 9.17) is 0 Å². The topological polar surface area (TPSA) is 0 Å². The highest BCUT2D eigenvalue weighted by molar-refractivity contribution is 5.34. The molecule has 0 atom stereocenters. The average Bonchev–Trinajstić information content (AvgIpc) is 2.44. The summed E-state index contributed by atoms with van der Waals surface area (Å²) in [4.78, 5) is 0. The summed E-state index contributed by atoms with van der Waals surface area (Å²) in [7, 11) is 0. The van der Waals surface area contributed by atoms with Gasteiger partial charge >= 0.3 is 0 Å². The maximum atomic E-state index is 2.24. The zero-order valence-corrected chi connectivity index (χ0v) is 14.0. The number of hydrogen-bond donors (Lipinski definition) is 0. The summed E-state index contributed by atoms with van der Waals surface area (Å²) >= 11 is 0. The Labute approximate surface area is 130 Å². The number of rotatable bonds is 6. The van der Waals surface area contributed by atoms with E-state index in [9.17, 15) is 0 Å². The van der Waals surface area contributed by atoms with Crippen LogP contribution in [0.15, 0.2) is 36.4 Å². The molecule has 0 saturated heterocycles. The molecule has 0 heterocycles. The second-order valence-electron chi connectivity index (χ2n) is 6.30. The van der Waals surface area contributed by atoms with Crippen molar-refractivity contribution in [3.63, 3.8) is 0 Å². The minimum Gasteiger partial charge on any atom is -0.0617 e. The Hall–Kier alpha value is -1.56. The molecule has 0 heteroatoms. The quantitative estimate of drug-likeness (QED) is 0.580. The molecular formula is C21H28. The van der Waals surface area contributed by atoms with Gasteiger partial charge in [-0.3, -0.25) is 0 Å². The van der Waals surface area contributed by atoms with Gasteiger partial charge in [-0.1, -0.05) is 42.8 Å². The third-order valence-electron chi connectivity index (χ3n) is 4.64. The van der Waals surface area contributed by atoms with Crippen molar-refractivity contribution in [3.8, 4) is 0 Å². The summed E-state index contributed by atoms with van der Waals surface area (Å²) in [6.45, 7) is 8.94. The second kappa shape index (κ2) is 7.45. The fourth-order valence-electron chi connectivity index (χ4n) is 3.27. The molecule has 0 spiro atoms. The number of benzene rings is 2. The van der Waals surface area contributed by atoms with E-state index in [1.807, 2.05) is 0 Å². The average molecular weight is 280 g/mol. The van der Waals surface area contributed by atoms with Gasteiger partial charge in [0.25, 0.3) is 0 Å². The molecule has 0 aliphatic carbocycles. The largest absolute Gasteiger partial charge is 0.0617 e. The summed E-state index contributed by atoms with van der Waals surface area (Å²) in [6.07, 6.45) is 6.38. The summed E-state index contributed by atoms with van der Waals surface area (Å²) < 4.78 is 0. The minimum absolute atomic E-state index is 1.23. The summed E-state index contributed by atoms with van der Waals surface area (Å²) in [5, 5.41) is 0. The van der Waals surface area contributed by atoms with Gasteiger partial charge in [0.2, 0.25) is 0 Å². The molecule has 0 saturated carbocycles. The molecule has 0 bridgehead atoms. The van der Waals surface area contributed by atoms with Crippen molar-refractivity contribution in [2.24, 2.45) is 0 Å². The van der Waals surface area contributed by atoms with Crippen molar-refractivity contribution in [2.45, 2.75) is 59.8 Å². The highest BCUT2D eigenvalue weighted by atomic mass is 14.1. The summed E-state index contributed by atoms with van der Waals surface area (Å²) in [5.74, 6) is 0. The number of hydrogen-bond acceptors (Lipinski definition) is 0. The molecule has 0 amide bonds. The van der Waals surface area contributed by atoms with Gasteiger partial charge in [-0.25, -0.2) is 0 Å². The first-order chi connectivity index (χ1) is 10.1. The van der Waals surface area contributed by atoms with E-state index in [-0.39, 0.29) is 0 Å². The molecule has 0 nitrogen and oxygen atoms in total. The molecular weight excluding hydrogens is 252 g/mol. The van der Waals surface area contributed by atoms with Crippen LogP contribution in [0.4, 0.5) is 0 Å². The van der Waals surface area contributed by atoms with Crippen molar-refractivity contribution in [1.82, 2.24) is 0 Å². The molecule has 0 radical (unpaired) electrons. The van der Waals surface area contributed by atoms with Crippen LogP contribution in [0.5, 0.6) is 0 Å². The van der Waals surface area contributed by atoms with Crippen LogP contribution in [0.25, 0.3) is 0 Å². The second-order valence-corrected chi connectivity index (χ2v) is 6.30. The zero-order chi connectivity index (χ0) is 15.2. The first-order valence-electron chi connectivity index (χ1n) is 8.20. The van der Waals surface area contributed by atoms with Crippen LogP contribution in [0.2, 0.25) is 0 Å². The predicted octanol–water partition coefficient (Wildman–Crippen LogP) is 5.88. The normalized spacial score (nSPS) is 10.9. The first kappa shape index (κ1) is 15.8. The third-order valence-corrected chi connectivity index (χ3v) is 4.64. The van der Waals surface area contributed by atoms with Crippen molar-refractivity contribution >= 4 is 0 Å². The zero-order valence-electron chi connectivity index (χ0n) is 14.0. The number of aryl methyl sites for hydroxylation is 4. The van der Waals surface area contributed by atoms with E-state index in [0.29, 0.717) is 0 Å². The van der Waals surface area contributed by atoms with Gasteiger partial charge in [0.1, 0.15) is 0 Å². The van der Waals surface area contributed by atoms with Crippen LogP contribution in [0.3, 0.4) is 0 Å². The van der Waals surface area contributed by atoms with Gasteiger partial charge in [0.05, 0.1) is 0 Å². The van der Waals surface area contributed by atoms with Gasteiger partial charge < -0.3 is 0 Å². The van der Waals surface area contributed by atoms with Crippen LogP contribution in [0.1, 0.15) is 52.6 Å². The highest BCUT2D eigenvalue weighted by Gasteiger charge is 2.04. The minimum atomic E-state index is 1.23. The molecule has 21 heavy (non-hydrogen) atoms. The van der Waals surface area contributed by atoms with Crippen molar-refractivity contribution < 1.29 is 0 Å². The molecule has 0 aliphatic rings. The fraction of sp³-hybridized carbons (Fsp3) is 0.429. The Balaban J connectivity index is 1.81. The van der Waals surface area contributed by atoms with Crippen LogP contribution in [-0.4, -0.2) is 0 Å². The van der Waals surface area contributed by atoms with Gasteiger partial charge in [0, 0.05) is 0 Å². The van der Waals surface area contributed by atoms with Crippen LogP contribution >= 0.6 is 0 Å². The standard InChI is InChI=1S/C21H28/c1-16-10-8-11-17(2)20(16)14-6-5-7-15-21-18(3)12-9-13-19(21)4/h8-13H,5-7,14-15H2,1-4H3. The number of unbranched alkanes of at least 4 members (excludes halogenated alkanes) is 2. The van der Waals surface area contributed by atoms with Crippen LogP contribution in [0, 0.1) is 27.7 Å². The predicted molar refractivity (Wildman–Crippen MR) is 93.1 cm³/mol. The van der Waals surface area contributed by atoms with E-state index >= 15 is 0 Å². The van der Waals surface area contributed by atoms with Crippen molar-refractivity contribution in [2.75, 3.05) is 0 Å². The first-order valence-corrected chi connectivity index (χ1v) is 8.20. The smallest absolute Gasteiger partial charge is 0.0274 e. The van der Waals surface area contributed by atoms with E-state index in [1.165, 1.54) is 54.4 Å². The van der Waals surface area contributed by atoms with E-state index < -0.39 is 0 Å². The van der Waals surface area contributed by atoms with Crippen LogP contribution < -0.4 is 0 Å². The summed E-state index contributed by atoms with van der Waals surface area (Å²) in [5.41, 5.74) is 8.91. The molecule has 0 aliphatic heterocycles. The van der Waals surface area contributed by atoms with Gasteiger partial charge in [-0.15, -0.1) is 0 Å². The van der Waals surface area contributed by atoms with Crippen molar-refractivity contribution in [1.29, 1.82) is 0 Å². The Morgan fingerprint density at radius 3 is 1.19 bits per heavy atom. The molecule has 0 fully saturated rings. The monoisotopic (exact) mass is 280 g/mol. The van der Waals surface area contributed by atoms with Gasteiger partial charge in [-0.2, -0.15) is 0 Å². The molecule has 0 N–H and O–H groups in total. The molecule has 2 aromatic carbocycles. The Morgan fingerprint density at radius 2 is 0.857 bits per heavy atom.